The molecule has 0 saturated carbocycles. The van der Waals surface area contributed by atoms with E-state index in [-0.39, 0.29) is 11.0 Å². The molecular weight excluding hydrogens is 353 g/mol. The van der Waals surface area contributed by atoms with Crippen LogP contribution in [0.4, 0.5) is 4.39 Å². The summed E-state index contributed by atoms with van der Waals surface area (Å²) >= 11 is 0. The fraction of sp³-hybridized carbons (Fsp3) is 0.526. The highest BCUT2D eigenvalue weighted by Gasteiger charge is 2.26. The van der Waals surface area contributed by atoms with E-state index >= 15 is 0 Å². The van der Waals surface area contributed by atoms with Gasteiger partial charge in [0.1, 0.15) is 5.82 Å². The molecule has 0 amide bonds. The van der Waals surface area contributed by atoms with Gasteiger partial charge in [-0.2, -0.15) is 0 Å². The highest BCUT2D eigenvalue weighted by atomic mass is 32.2. The van der Waals surface area contributed by atoms with Crippen LogP contribution in [0.3, 0.4) is 0 Å². The van der Waals surface area contributed by atoms with Crippen molar-refractivity contribution < 1.29 is 12.8 Å². The zero-order valence-corrected chi connectivity index (χ0v) is 16.3. The quantitative estimate of drug-likeness (QED) is 0.774. The Balaban J connectivity index is 1.75. The number of hydrogen-bond acceptors (Lipinski definition) is 4. The lowest BCUT2D eigenvalue weighted by atomic mass is 9.99. The van der Waals surface area contributed by atoms with E-state index in [0.29, 0.717) is 24.9 Å². The minimum atomic E-state index is -3.35. The third kappa shape index (κ3) is 4.32. The van der Waals surface area contributed by atoms with Gasteiger partial charge in [-0.3, -0.25) is 4.90 Å². The average Bonchev–Trinajstić information content (AvgIpc) is 3.15. The van der Waals surface area contributed by atoms with Crippen LogP contribution >= 0.6 is 0 Å². The Bertz CT molecular complexity index is 859. The number of hydrogen-bond donors (Lipinski definition) is 0. The molecule has 1 aliphatic heterocycles. The molecule has 26 heavy (non-hydrogen) atoms. The molecule has 0 radical (unpaired) electrons. The Morgan fingerprint density at radius 3 is 2.58 bits per heavy atom. The van der Waals surface area contributed by atoms with E-state index < -0.39 is 9.84 Å². The molecule has 0 spiro atoms. The molecule has 0 aliphatic carbocycles. The molecule has 0 bridgehead atoms. The summed E-state index contributed by atoms with van der Waals surface area (Å²) in [5.41, 5.74) is 2.08. The lowest BCUT2D eigenvalue weighted by molar-refractivity contribution is 0.311. The molecule has 1 aromatic heterocycles. The van der Waals surface area contributed by atoms with Gasteiger partial charge in [-0.25, -0.2) is 17.8 Å². The number of benzene rings is 1. The lowest BCUT2D eigenvalue weighted by Gasteiger charge is -2.19. The van der Waals surface area contributed by atoms with Crippen molar-refractivity contribution in [3.8, 4) is 0 Å². The van der Waals surface area contributed by atoms with Crippen LogP contribution in [-0.2, 0) is 22.9 Å². The Hall–Kier alpha value is -1.73. The van der Waals surface area contributed by atoms with Crippen LogP contribution in [0.15, 0.2) is 35.6 Å². The number of likely N-dealkylation sites (tertiary alicyclic amines) is 1. The van der Waals surface area contributed by atoms with Gasteiger partial charge in [0.2, 0.25) is 15.0 Å². The summed E-state index contributed by atoms with van der Waals surface area (Å²) in [6, 6.07) is 6.73. The summed E-state index contributed by atoms with van der Waals surface area (Å²) in [6.07, 6.45) is 3.91. The van der Waals surface area contributed by atoms with Crippen molar-refractivity contribution in [2.75, 3.05) is 19.3 Å². The van der Waals surface area contributed by atoms with E-state index in [1.807, 2.05) is 16.7 Å². The van der Waals surface area contributed by atoms with Crippen LogP contribution < -0.4 is 0 Å². The highest BCUT2D eigenvalue weighted by molar-refractivity contribution is 7.90. The maximum atomic E-state index is 13.1. The number of halogens is 1. The Morgan fingerprint density at radius 2 is 1.96 bits per heavy atom. The summed E-state index contributed by atoms with van der Waals surface area (Å²) in [5, 5.41) is 0.149. The topological polar surface area (TPSA) is 55.2 Å². The van der Waals surface area contributed by atoms with Crippen LogP contribution in [0.25, 0.3) is 0 Å². The van der Waals surface area contributed by atoms with Crippen molar-refractivity contribution in [3.63, 3.8) is 0 Å². The fourth-order valence-electron chi connectivity index (χ4n) is 3.59. The SMILES string of the molecule is CC(C)Cn1c(CN2CC[C@@H](c3ccc(F)cc3)C2)cnc1S(C)(=O)=O. The standard InChI is InChI=1S/C19H26FN3O2S/c1-14(2)11-23-18(10-21-19(23)26(3,24)25)13-22-9-8-16(12-22)15-4-6-17(20)7-5-15/h4-7,10,14,16H,8-9,11-13H2,1-3H3/t16-/m1/s1. The second-order valence-corrected chi connectivity index (χ2v) is 9.49. The molecule has 2 aromatic rings. The molecule has 0 unspecified atom stereocenters. The maximum absolute atomic E-state index is 13.1. The molecule has 7 heteroatoms. The zero-order valence-electron chi connectivity index (χ0n) is 15.5. The number of imidazole rings is 1. The molecule has 3 rings (SSSR count). The van der Waals surface area contributed by atoms with E-state index in [2.05, 4.69) is 23.7 Å². The molecule has 1 aliphatic rings. The molecule has 142 valence electrons. The van der Waals surface area contributed by atoms with Gasteiger partial charge >= 0.3 is 0 Å². The van der Waals surface area contributed by atoms with Crippen LogP contribution in [0.1, 0.15) is 37.4 Å². The minimum absolute atomic E-state index is 0.149. The van der Waals surface area contributed by atoms with E-state index in [9.17, 15) is 12.8 Å². The summed E-state index contributed by atoms with van der Waals surface area (Å²) in [5.74, 6) is 0.495. The van der Waals surface area contributed by atoms with Gasteiger partial charge in [-0.05, 0) is 42.5 Å². The normalized spacial score (nSPS) is 18.7. The Labute approximate surface area is 154 Å². The third-order valence-electron chi connectivity index (χ3n) is 4.78. The molecule has 1 fully saturated rings. The van der Waals surface area contributed by atoms with E-state index in [4.69, 9.17) is 0 Å². The smallest absolute Gasteiger partial charge is 0.227 e. The Kier molecular flexibility index (Phi) is 5.48. The largest absolute Gasteiger partial charge is 0.317 e. The highest BCUT2D eigenvalue weighted by Crippen LogP contribution is 2.28. The molecule has 1 aromatic carbocycles. The molecule has 5 nitrogen and oxygen atoms in total. The Morgan fingerprint density at radius 1 is 1.27 bits per heavy atom. The van der Waals surface area contributed by atoms with Gasteiger partial charge in [-0.1, -0.05) is 26.0 Å². The van der Waals surface area contributed by atoms with Crippen LogP contribution in [0.5, 0.6) is 0 Å². The second kappa shape index (κ2) is 7.48. The first-order valence-electron chi connectivity index (χ1n) is 8.96. The summed E-state index contributed by atoms with van der Waals surface area (Å²) in [4.78, 5) is 6.49. The van der Waals surface area contributed by atoms with Crippen molar-refractivity contribution in [2.24, 2.45) is 5.92 Å². The summed E-state index contributed by atoms with van der Waals surface area (Å²) in [7, 11) is -3.35. The second-order valence-electron chi connectivity index (χ2n) is 7.58. The van der Waals surface area contributed by atoms with Crippen LogP contribution in [0, 0.1) is 11.7 Å². The minimum Gasteiger partial charge on any atom is -0.317 e. The van der Waals surface area contributed by atoms with Gasteiger partial charge < -0.3 is 4.57 Å². The van der Waals surface area contributed by atoms with E-state index in [1.165, 1.54) is 18.4 Å². The molecule has 2 heterocycles. The number of sulfone groups is 1. The van der Waals surface area contributed by atoms with Gasteiger partial charge in [0, 0.05) is 25.9 Å². The first-order chi connectivity index (χ1) is 12.2. The van der Waals surface area contributed by atoms with Crippen molar-refractivity contribution in [1.29, 1.82) is 0 Å². The van der Waals surface area contributed by atoms with Crippen LogP contribution in [0.2, 0.25) is 0 Å². The first-order valence-corrected chi connectivity index (χ1v) is 10.9. The van der Waals surface area contributed by atoms with Gasteiger partial charge in [-0.15, -0.1) is 0 Å². The van der Waals surface area contributed by atoms with Crippen molar-refractivity contribution in [2.45, 2.75) is 44.4 Å². The summed E-state index contributed by atoms with van der Waals surface area (Å²) in [6.45, 7) is 7.25. The van der Waals surface area contributed by atoms with E-state index in [0.717, 1.165) is 30.8 Å². The van der Waals surface area contributed by atoms with E-state index in [1.54, 1.807) is 6.20 Å². The van der Waals surface area contributed by atoms with Gasteiger partial charge in [0.05, 0.1) is 11.9 Å². The summed E-state index contributed by atoms with van der Waals surface area (Å²) < 4.78 is 39.0. The third-order valence-corrected chi connectivity index (χ3v) is 5.77. The number of nitrogens with zero attached hydrogens (tertiary/aromatic N) is 3. The van der Waals surface area contributed by atoms with Gasteiger partial charge in [0.25, 0.3) is 0 Å². The monoisotopic (exact) mass is 379 g/mol. The molecular formula is C19H26FN3O2S. The predicted octanol–water partition coefficient (Wildman–Crippen LogP) is 3.07. The maximum Gasteiger partial charge on any atom is 0.227 e. The van der Waals surface area contributed by atoms with Crippen LogP contribution in [-0.4, -0.2) is 42.2 Å². The molecule has 1 saturated heterocycles. The molecule has 1 atom stereocenters. The zero-order chi connectivity index (χ0) is 18.9. The fourth-order valence-corrected chi connectivity index (χ4v) is 4.42. The van der Waals surface area contributed by atoms with Crippen molar-refractivity contribution in [3.05, 3.63) is 47.5 Å². The average molecular weight is 380 g/mol. The van der Waals surface area contributed by atoms with Crippen molar-refractivity contribution >= 4 is 9.84 Å². The van der Waals surface area contributed by atoms with Crippen molar-refractivity contribution in [1.82, 2.24) is 14.5 Å². The lowest BCUT2D eigenvalue weighted by Crippen LogP contribution is -2.23. The van der Waals surface area contributed by atoms with Gasteiger partial charge in [0.15, 0.2) is 0 Å². The molecule has 0 N–H and O–H groups in total. The number of rotatable bonds is 6. The number of aromatic nitrogens is 2. The predicted molar refractivity (Wildman–Crippen MR) is 99.2 cm³/mol. The first kappa shape index (κ1) is 19.0.